The minimum atomic E-state index is -0.693. The smallest absolute Gasteiger partial charge is 0.238 e. The van der Waals surface area contributed by atoms with Gasteiger partial charge in [-0.1, -0.05) is 0 Å². The topological polar surface area (TPSA) is 94.0 Å². The first-order valence-corrected chi connectivity index (χ1v) is 11.7. The number of rotatable bonds is 5. The summed E-state index contributed by atoms with van der Waals surface area (Å²) in [5, 5.41) is 13.6. The number of thioether (sulfide) groups is 1. The molecule has 3 aliphatic heterocycles. The van der Waals surface area contributed by atoms with E-state index in [4.69, 9.17) is 9.47 Å². The van der Waals surface area contributed by atoms with E-state index in [9.17, 15) is 10.1 Å². The summed E-state index contributed by atoms with van der Waals surface area (Å²) >= 11 is 1.61. The number of amides is 1. The van der Waals surface area contributed by atoms with Gasteiger partial charge in [-0.15, -0.1) is 11.8 Å². The molecule has 0 bridgehead atoms. The average Bonchev–Trinajstić information content (AvgIpc) is 3.43. The number of nitrogens with one attached hydrogen (secondary N) is 1. The predicted octanol–water partition coefficient (Wildman–Crippen LogP) is 1.90. The van der Waals surface area contributed by atoms with Gasteiger partial charge in [-0.25, -0.2) is 0 Å². The lowest BCUT2D eigenvalue weighted by Gasteiger charge is -2.35. The number of fused-ring (bicyclic) bond motifs is 1. The molecule has 0 saturated carbocycles. The van der Waals surface area contributed by atoms with Crippen LogP contribution in [0.3, 0.4) is 0 Å². The number of nitrogens with zero attached hydrogens (tertiary/aromatic N) is 4. The second kappa shape index (κ2) is 8.28. The molecule has 1 aromatic carbocycles. The third-order valence-electron chi connectivity index (χ3n) is 6.17. The molecule has 164 valence electrons. The first-order chi connectivity index (χ1) is 15.1. The Bertz CT molecular complexity index is 1040. The van der Waals surface area contributed by atoms with Crippen LogP contribution in [0.15, 0.2) is 30.5 Å². The zero-order chi connectivity index (χ0) is 21.4. The van der Waals surface area contributed by atoms with Crippen LogP contribution in [0.1, 0.15) is 13.9 Å². The van der Waals surface area contributed by atoms with Crippen LogP contribution in [0.25, 0.3) is 10.9 Å². The molecule has 5 rings (SSSR count). The van der Waals surface area contributed by atoms with Crippen molar-refractivity contribution in [1.82, 2.24) is 15.2 Å². The van der Waals surface area contributed by atoms with Crippen molar-refractivity contribution >= 4 is 34.3 Å². The number of anilines is 1. The lowest BCUT2D eigenvalue weighted by Crippen LogP contribution is -2.44. The molecule has 1 aromatic heterocycles. The van der Waals surface area contributed by atoms with Gasteiger partial charge in [-0.3, -0.25) is 15.1 Å². The molecule has 0 spiro atoms. The Balaban J connectivity index is 0.00000245. The third-order valence-corrected chi connectivity index (χ3v) is 7.18. The molecule has 9 heteroatoms. The van der Waals surface area contributed by atoms with Gasteiger partial charge in [0.25, 0.3) is 0 Å². The highest BCUT2D eigenvalue weighted by Crippen LogP contribution is 2.40. The molecule has 3 saturated heterocycles. The van der Waals surface area contributed by atoms with Crippen molar-refractivity contribution in [3.8, 4) is 6.07 Å². The normalized spacial score (nSPS) is 28.0. The van der Waals surface area contributed by atoms with Gasteiger partial charge in [0.1, 0.15) is 6.04 Å². The van der Waals surface area contributed by atoms with Crippen molar-refractivity contribution < 1.29 is 15.7 Å². The van der Waals surface area contributed by atoms with Crippen molar-refractivity contribution in [2.75, 3.05) is 49.4 Å². The van der Waals surface area contributed by atoms with Gasteiger partial charge in [0, 0.05) is 42.6 Å². The highest BCUT2D eigenvalue weighted by atomic mass is 32.2. The molecular formula is C22H27N5O3S. The third kappa shape index (κ3) is 3.85. The maximum absolute atomic E-state index is 12.7. The fourth-order valence-corrected chi connectivity index (χ4v) is 5.42. The minimum absolute atomic E-state index is 0. The molecule has 2 aromatic rings. The van der Waals surface area contributed by atoms with E-state index in [1.165, 1.54) is 0 Å². The second-order valence-corrected chi connectivity index (χ2v) is 9.15. The molecule has 2 unspecified atom stereocenters. The number of benzene rings is 1. The highest BCUT2D eigenvalue weighted by molar-refractivity contribution is 7.99. The van der Waals surface area contributed by atoms with Crippen molar-refractivity contribution in [2.24, 2.45) is 0 Å². The Morgan fingerprint density at radius 3 is 3.13 bits per heavy atom. The first kappa shape index (κ1) is 20.5. The van der Waals surface area contributed by atoms with Crippen LogP contribution in [0.2, 0.25) is 0 Å². The van der Waals surface area contributed by atoms with Crippen LogP contribution in [0, 0.1) is 11.3 Å². The van der Waals surface area contributed by atoms with Gasteiger partial charge in [0.05, 0.1) is 43.8 Å². The number of aromatic nitrogens is 1. The zero-order valence-electron chi connectivity index (χ0n) is 17.4. The van der Waals surface area contributed by atoms with Crippen LogP contribution in [-0.4, -0.2) is 72.4 Å². The first-order valence-electron chi connectivity index (χ1n) is 10.5. The summed E-state index contributed by atoms with van der Waals surface area (Å²) in [4.78, 5) is 21.2. The Kier molecular flexibility index (Phi) is 5.48. The van der Waals surface area contributed by atoms with E-state index in [-0.39, 0.29) is 19.9 Å². The summed E-state index contributed by atoms with van der Waals surface area (Å²) in [6.07, 6.45) is 1.78. The Labute approximate surface area is 187 Å². The van der Waals surface area contributed by atoms with Crippen molar-refractivity contribution in [3.63, 3.8) is 0 Å². The van der Waals surface area contributed by atoms with Gasteiger partial charge in [-0.05, 0) is 31.2 Å². The number of carbonyl (C=O) groups is 1. The molecule has 3 atom stereocenters. The molecular weight excluding hydrogens is 414 g/mol. The highest BCUT2D eigenvalue weighted by Gasteiger charge is 2.48. The fourth-order valence-electron chi connectivity index (χ4n) is 4.32. The average molecular weight is 442 g/mol. The lowest BCUT2D eigenvalue weighted by molar-refractivity contribution is -0.130. The quantitative estimate of drug-likeness (QED) is 0.704. The Hall–Kier alpha value is -2.38. The van der Waals surface area contributed by atoms with E-state index in [2.05, 4.69) is 40.3 Å². The molecule has 4 heterocycles. The van der Waals surface area contributed by atoms with E-state index in [0.717, 1.165) is 35.3 Å². The molecule has 0 radical (unpaired) electrons. The predicted molar refractivity (Wildman–Crippen MR) is 121 cm³/mol. The molecule has 8 nitrogen and oxygen atoms in total. The number of pyridine rings is 1. The number of epoxide rings is 1. The summed E-state index contributed by atoms with van der Waals surface area (Å²) in [6, 6.07) is 10.4. The Morgan fingerprint density at radius 1 is 1.48 bits per heavy atom. The largest absolute Gasteiger partial charge is 0.377 e. The van der Waals surface area contributed by atoms with Gasteiger partial charge < -0.3 is 19.3 Å². The maximum Gasteiger partial charge on any atom is 0.238 e. The van der Waals surface area contributed by atoms with E-state index < -0.39 is 5.72 Å². The van der Waals surface area contributed by atoms with Crippen LogP contribution in [0.4, 0.5) is 5.69 Å². The summed E-state index contributed by atoms with van der Waals surface area (Å²) in [5.74, 6) is 1.15. The molecule has 1 amide bonds. The minimum Gasteiger partial charge on any atom is -0.377 e. The summed E-state index contributed by atoms with van der Waals surface area (Å²) in [6.45, 7) is 5.07. The molecule has 3 fully saturated rings. The lowest BCUT2D eigenvalue weighted by atomic mass is 10.0. The van der Waals surface area contributed by atoms with Gasteiger partial charge in [0.2, 0.25) is 5.91 Å². The zero-order valence-corrected chi connectivity index (χ0v) is 18.2. The summed E-state index contributed by atoms with van der Waals surface area (Å²) < 4.78 is 11.4. The molecule has 31 heavy (non-hydrogen) atoms. The number of morpholine rings is 1. The van der Waals surface area contributed by atoms with Crippen LogP contribution >= 0.6 is 11.8 Å². The molecule has 0 aliphatic carbocycles. The fraction of sp³-hybridized carbons (Fsp3) is 0.500. The van der Waals surface area contributed by atoms with Crippen LogP contribution in [-0.2, 0) is 20.0 Å². The SMILES string of the molecule is C[C@H]1COCCN1c1ccc2nccc(C3(NCC(=O)N4CSCC4C#N)CO3)c2c1.[HH]. The summed E-state index contributed by atoms with van der Waals surface area (Å²) in [5.41, 5.74) is 2.32. The number of ether oxygens (including phenoxy) is 2. The Morgan fingerprint density at radius 2 is 2.35 bits per heavy atom. The van der Waals surface area contributed by atoms with E-state index in [1.54, 1.807) is 22.9 Å². The second-order valence-electron chi connectivity index (χ2n) is 8.15. The number of hydrogen-bond donors (Lipinski definition) is 1. The van der Waals surface area contributed by atoms with E-state index in [0.29, 0.717) is 30.9 Å². The molecule has 3 aliphatic rings. The van der Waals surface area contributed by atoms with Crippen molar-refractivity contribution in [3.05, 3.63) is 36.0 Å². The standard InChI is InChI=1S/C22H25N5O3S.H2/c1-15-11-29-7-6-26(15)16-2-3-20-18(8-16)19(4-5-24-20)22(13-30-22)25-10-21(28)27-14-31-12-17(27)9-23;/h2-5,8,15,17,25H,6-7,10-14H2,1H3;1H/t15-,17?,22?;/m0./s1. The van der Waals surface area contributed by atoms with Crippen molar-refractivity contribution in [1.29, 1.82) is 5.26 Å². The molecule has 1 N–H and O–H groups in total. The van der Waals surface area contributed by atoms with Crippen LogP contribution < -0.4 is 10.2 Å². The van der Waals surface area contributed by atoms with Crippen molar-refractivity contribution in [2.45, 2.75) is 24.7 Å². The number of nitriles is 1. The van der Waals surface area contributed by atoms with Gasteiger partial charge in [-0.2, -0.15) is 5.26 Å². The maximum atomic E-state index is 12.7. The van der Waals surface area contributed by atoms with Gasteiger partial charge in [0.15, 0.2) is 5.72 Å². The summed E-state index contributed by atoms with van der Waals surface area (Å²) in [7, 11) is 0. The number of hydrogen-bond acceptors (Lipinski definition) is 8. The monoisotopic (exact) mass is 441 g/mol. The number of carbonyl (C=O) groups excluding carboxylic acids is 1. The van der Waals surface area contributed by atoms with Gasteiger partial charge >= 0.3 is 0 Å². The van der Waals surface area contributed by atoms with Crippen LogP contribution in [0.5, 0.6) is 0 Å². The van der Waals surface area contributed by atoms with E-state index in [1.807, 2.05) is 12.1 Å². The van der Waals surface area contributed by atoms with E-state index >= 15 is 0 Å².